The average molecular weight is 253 g/mol. The van der Waals surface area contributed by atoms with Gasteiger partial charge in [-0.15, -0.1) is 0 Å². The predicted octanol–water partition coefficient (Wildman–Crippen LogP) is -0.968. The number of hydrogen-bond acceptors (Lipinski definition) is 2. The molecule has 4 heavy (non-hydrogen) atoms. The molecule has 0 N–H and O–H groups in total. The second kappa shape index (κ2) is 3.17. The minimum atomic E-state index is 0.370. The fourth-order valence-electron chi connectivity index (χ4n) is 0. The van der Waals surface area contributed by atoms with Crippen molar-refractivity contribution in [3.05, 3.63) is 0 Å². The Morgan fingerprint density at radius 1 is 2.00 bits per heavy atom. The van der Waals surface area contributed by atoms with Crippen molar-refractivity contribution < 1.29 is 2.81 Å². The molecule has 0 saturated heterocycles. The van der Waals surface area contributed by atoms with Crippen LogP contribution in [-0.2, 0) is 2.81 Å². The van der Waals surface area contributed by atoms with Gasteiger partial charge >= 0.3 is 39.5 Å². The maximum atomic E-state index is 7.44. The van der Waals surface area contributed by atoms with Crippen LogP contribution in [0.25, 0.3) is 0 Å². The zero-order valence-corrected chi connectivity index (χ0v) is 6.42. The molecule has 3 heteroatoms. The average Bonchev–Trinajstić information content (AvgIpc) is 1.37. The topological polar surface area (TPSA) is 33.0 Å². The van der Waals surface area contributed by atoms with Gasteiger partial charge < -0.3 is 0 Å². The van der Waals surface area contributed by atoms with E-state index in [1.807, 2.05) is 0 Å². The molecule has 0 fully saturated rings. The van der Waals surface area contributed by atoms with Crippen LogP contribution in [0.15, 0.2) is 0 Å². The first-order valence-electron chi connectivity index (χ1n) is 0.663. The summed E-state index contributed by atoms with van der Waals surface area (Å²) >= 11 is 0.370. The van der Waals surface area contributed by atoms with E-state index < -0.39 is 0 Å². The molecule has 0 radical (unpaired) electrons. The Hall–Kier alpha value is 0.173. The van der Waals surface area contributed by atoms with Gasteiger partial charge in [0.05, 0.1) is 0 Å². The molecule has 0 atom stereocenters. The molecule has 0 amide bonds. The first kappa shape index (κ1) is 4.17. The zero-order valence-electron chi connectivity index (χ0n) is 1.93. The van der Waals surface area contributed by atoms with Crippen molar-refractivity contribution >= 4 is 25.2 Å². The molecule has 0 aliphatic rings. The van der Waals surface area contributed by atoms with Crippen LogP contribution in [0.4, 0.5) is 0 Å². The summed E-state index contributed by atoms with van der Waals surface area (Å²) in [6, 6.07) is 0. The van der Waals surface area contributed by atoms with Gasteiger partial charge in [0, 0.05) is 0 Å². The third-order valence-electron chi connectivity index (χ3n) is 0.0527. The first-order chi connectivity index (χ1) is 1.91. The Balaban J connectivity index is 2.43. The van der Waals surface area contributed by atoms with E-state index >= 15 is 0 Å². The fraction of sp³-hybridized carbons (Fsp3) is 0. The molecule has 0 aromatic rings. The van der Waals surface area contributed by atoms with E-state index in [1.165, 1.54) is 6.26 Å². The van der Waals surface area contributed by atoms with E-state index in [9.17, 15) is 0 Å². The fourth-order valence-corrected chi connectivity index (χ4v) is 0. The zero-order chi connectivity index (χ0) is 3.41. The summed E-state index contributed by atoms with van der Waals surface area (Å²) in [4.78, 5) is 0. The van der Waals surface area contributed by atoms with Gasteiger partial charge in [0.25, 0.3) is 0 Å². The van der Waals surface area contributed by atoms with Crippen molar-refractivity contribution in [3.8, 4) is 6.26 Å². The summed E-state index contributed by atoms with van der Waals surface area (Å²) in [7, 11) is 0. The van der Waals surface area contributed by atoms with Gasteiger partial charge in [-0.1, -0.05) is 0 Å². The molecule has 0 aromatic carbocycles. The molecule has 0 heterocycles. The number of rotatable bonds is 0. The van der Waals surface area contributed by atoms with E-state index in [0.29, 0.717) is 25.2 Å². The van der Waals surface area contributed by atoms with Gasteiger partial charge in [0.2, 0.25) is 0 Å². The molecular formula is CH2BiNO. The predicted molar refractivity (Wildman–Crippen MR) is 15.2 cm³/mol. The second-order valence-corrected chi connectivity index (χ2v) is 1.13. The number of nitriles is 1. The van der Waals surface area contributed by atoms with Crippen LogP contribution in [-0.4, -0.2) is 25.2 Å². The van der Waals surface area contributed by atoms with Crippen LogP contribution in [0.1, 0.15) is 0 Å². The van der Waals surface area contributed by atoms with Crippen LogP contribution < -0.4 is 0 Å². The third-order valence-corrected chi connectivity index (χ3v) is 0.462. The second-order valence-electron chi connectivity index (χ2n) is 0.209. The molecule has 0 spiro atoms. The first-order valence-corrected chi connectivity index (χ1v) is 2.50. The maximum absolute atomic E-state index is 7.44. The van der Waals surface area contributed by atoms with E-state index in [4.69, 9.17) is 5.26 Å². The third kappa shape index (κ3) is 2.17. The molecule has 0 aliphatic carbocycles. The standard InChI is InChI=1S/CHNO.Bi.2H/c2-1-3;;;/h3H;;;/q;+1;;/p-1. The Morgan fingerprint density at radius 3 is 2.25 bits per heavy atom. The van der Waals surface area contributed by atoms with Gasteiger partial charge in [-0.25, -0.2) is 0 Å². The Morgan fingerprint density at radius 2 is 2.25 bits per heavy atom. The van der Waals surface area contributed by atoms with Crippen molar-refractivity contribution in [1.82, 2.24) is 0 Å². The summed E-state index contributed by atoms with van der Waals surface area (Å²) < 4.78 is 4.01. The normalized spacial score (nSPS) is 4.00. The van der Waals surface area contributed by atoms with Crippen LogP contribution in [0.2, 0.25) is 0 Å². The van der Waals surface area contributed by atoms with E-state index in [-0.39, 0.29) is 0 Å². The Labute approximate surface area is 39.8 Å². The monoisotopic (exact) mass is 253 g/mol. The molecule has 0 aromatic heterocycles. The van der Waals surface area contributed by atoms with E-state index in [2.05, 4.69) is 2.81 Å². The molecule has 0 saturated carbocycles. The number of hydrogen-bond donors (Lipinski definition) is 0. The molecule has 0 unspecified atom stereocenters. The van der Waals surface area contributed by atoms with E-state index in [1.54, 1.807) is 0 Å². The van der Waals surface area contributed by atoms with Crippen molar-refractivity contribution in [2.24, 2.45) is 0 Å². The van der Waals surface area contributed by atoms with Crippen molar-refractivity contribution in [2.75, 3.05) is 0 Å². The van der Waals surface area contributed by atoms with Gasteiger partial charge in [-0.05, 0) is 0 Å². The molecule has 0 rings (SSSR count). The van der Waals surface area contributed by atoms with Gasteiger partial charge in [-0.3, -0.25) is 0 Å². The molecule has 0 bridgehead atoms. The molecule has 0 aliphatic heterocycles. The summed E-state index contributed by atoms with van der Waals surface area (Å²) in [6.45, 7) is 0. The summed E-state index contributed by atoms with van der Waals surface area (Å²) in [5.41, 5.74) is 0. The Kier molecular flexibility index (Phi) is 3.31. The van der Waals surface area contributed by atoms with Gasteiger partial charge in [0.15, 0.2) is 0 Å². The van der Waals surface area contributed by atoms with Crippen molar-refractivity contribution in [1.29, 1.82) is 5.26 Å². The van der Waals surface area contributed by atoms with Crippen LogP contribution in [0.5, 0.6) is 0 Å². The van der Waals surface area contributed by atoms with Crippen LogP contribution in [0.3, 0.4) is 0 Å². The summed E-state index contributed by atoms with van der Waals surface area (Å²) in [6.07, 6.45) is 1.50. The SMILES string of the molecule is N#C[O][BiH2]. The van der Waals surface area contributed by atoms with Crippen molar-refractivity contribution in [2.45, 2.75) is 0 Å². The molecule has 2 nitrogen and oxygen atoms in total. The summed E-state index contributed by atoms with van der Waals surface area (Å²) in [5.74, 6) is 0. The Bertz CT molecular complexity index is 37.8. The summed E-state index contributed by atoms with van der Waals surface area (Å²) in [5, 5.41) is 7.44. The quantitative estimate of drug-likeness (QED) is 0.411. The van der Waals surface area contributed by atoms with Gasteiger partial charge in [0.1, 0.15) is 0 Å². The minimum absolute atomic E-state index is 0.370. The van der Waals surface area contributed by atoms with Crippen LogP contribution >= 0.6 is 0 Å². The van der Waals surface area contributed by atoms with Gasteiger partial charge in [-0.2, -0.15) is 0 Å². The van der Waals surface area contributed by atoms with Crippen LogP contribution in [0, 0.1) is 11.5 Å². The van der Waals surface area contributed by atoms with Crippen molar-refractivity contribution in [3.63, 3.8) is 0 Å². The van der Waals surface area contributed by atoms with E-state index in [0.717, 1.165) is 0 Å². The number of nitrogens with zero attached hydrogens (tertiary/aromatic N) is 1. The molecular weight excluding hydrogens is 251 g/mol. The molecule has 22 valence electrons.